The molecule has 0 unspecified atom stereocenters. The fourth-order valence-corrected chi connectivity index (χ4v) is 2.02. The normalized spacial score (nSPS) is 10.2. The van der Waals surface area contributed by atoms with Crippen molar-refractivity contribution in [2.45, 2.75) is 6.54 Å². The van der Waals surface area contributed by atoms with Crippen LogP contribution in [0.1, 0.15) is 15.9 Å². The van der Waals surface area contributed by atoms with Crippen LogP contribution in [0.25, 0.3) is 0 Å². The van der Waals surface area contributed by atoms with E-state index in [0.717, 1.165) is 5.69 Å². The molecule has 88 valence electrons. The van der Waals surface area contributed by atoms with Crippen molar-refractivity contribution in [3.63, 3.8) is 0 Å². The Morgan fingerprint density at radius 3 is 2.82 bits per heavy atom. The van der Waals surface area contributed by atoms with E-state index in [0.29, 0.717) is 12.1 Å². The van der Waals surface area contributed by atoms with E-state index in [2.05, 4.69) is 5.32 Å². The summed E-state index contributed by atoms with van der Waals surface area (Å²) in [6.07, 6.45) is 0. The molecule has 0 spiro atoms. The van der Waals surface area contributed by atoms with E-state index < -0.39 is 11.8 Å². The van der Waals surface area contributed by atoms with Crippen LogP contribution in [-0.4, -0.2) is 11.1 Å². The minimum atomic E-state index is -1.25. The van der Waals surface area contributed by atoms with Gasteiger partial charge >= 0.3 is 5.97 Å². The summed E-state index contributed by atoms with van der Waals surface area (Å²) in [5, 5.41) is 15.7. The van der Waals surface area contributed by atoms with E-state index in [1.165, 1.54) is 12.1 Å². The van der Waals surface area contributed by atoms with Gasteiger partial charge in [-0.05, 0) is 29.1 Å². The Morgan fingerprint density at radius 1 is 1.41 bits per heavy atom. The lowest BCUT2D eigenvalue weighted by Gasteiger charge is -2.05. The molecule has 0 saturated heterocycles. The average Bonchev–Trinajstić information content (AvgIpc) is 2.78. The Hall–Kier alpha value is -1.88. The molecular formula is C12H10FNO2S. The van der Waals surface area contributed by atoms with Crippen molar-refractivity contribution in [1.82, 2.24) is 0 Å². The van der Waals surface area contributed by atoms with Crippen molar-refractivity contribution in [3.8, 4) is 0 Å². The maximum atomic E-state index is 13.4. The molecular weight excluding hydrogens is 241 g/mol. The molecule has 0 aliphatic carbocycles. The van der Waals surface area contributed by atoms with Crippen LogP contribution in [-0.2, 0) is 6.54 Å². The van der Waals surface area contributed by atoms with Gasteiger partial charge in [-0.3, -0.25) is 0 Å². The molecule has 2 rings (SSSR count). The van der Waals surface area contributed by atoms with E-state index in [-0.39, 0.29) is 5.56 Å². The molecule has 1 aromatic heterocycles. The summed E-state index contributed by atoms with van der Waals surface area (Å²) in [5.41, 5.74) is 1.38. The standard InChI is InChI=1S/C12H10FNO2S/c13-11-5-8(1-2-10(11)12(15)16)6-14-9-3-4-17-7-9/h1-5,7,14H,6H2,(H,15,16). The number of hydrogen-bond donors (Lipinski definition) is 2. The molecule has 0 amide bonds. The second-order valence-corrected chi connectivity index (χ2v) is 4.26. The molecule has 0 aliphatic heterocycles. The molecule has 0 saturated carbocycles. The van der Waals surface area contributed by atoms with Gasteiger partial charge in [-0.1, -0.05) is 6.07 Å². The van der Waals surface area contributed by atoms with Crippen LogP contribution >= 0.6 is 11.3 Å². The first kappa shape index (κ1) is 11.6. The van der Waals surface area contributed by atoms with Crippen molar-refractivity contribution < 1.29 is 14.3 Å². The lowest BCUT2D eigenvalue weighted by atomic mass is 10.1. The number of nitrogens with one attached hydrogen (secondary N) is 1. The highest BCUT2D eigenvalue weighted by Gasteiger charge is 2.09. The van der Waals surface area contributed by atoms with Crippen LogP contribution in [0.2, 0.25) is 0 Å². The molecule has 17 heavy (non-hydrogen) atoms. The summed E-state index contributed by atoms with van der Waals surface area (Å²) in [6.45, 7) is 0.466. The summed E-state index contributed by atoms with van der Waals surface area (Å²) >= 11 is 1.57. The van der Waals surface area contributed by atoms with Crippen LogP contribution in [0.5, 0.6) is 0 Å². The largest absolute Gasteiger partial charge is 0.478 e. The topological polar surface area (TPSA) is 49.3 Å². The van der Waals surface area contributed by atoms with Gasteiger partial charge in [0.15, 0.2) is 0 Å². The third-order valence-corrected chi connectivity index (χ3v) is 2.96. The number of hydrogen-bond acceptors (Lipinski definition) is 3. The van der Waals surface area contributed by atoms with Crippen molar-refractivity contribution in [2.75, 3.05) is 5.32 Å². The lowest BCUT2D eigenvalue weighted by Crippen LogP contribution is -2.03. The van der Waals surface area contributed by atoms with E-state index in [4.69, 9.17) is 5.11 Å². The smallest absolute Gasteiger partial charge is 0.338 e. The average molecular weight is 251 g/mol. The van der Waals surface area contributed by atoms with Gasteiger partial charge in [-0.15, -0.1) is 0 Å². The summed E-state index contributed by atoms with van der Waals surface area (Å²) in [7, 11) is 0. The number of thiophene rings is 1. The summed E-state index contributed by atoms with van der Waals surface area (Å²) in [4.78, 5) is 10.6. The SMILES string of the molecule is O=C(O)c1ccc(CNc2ccsc2)cc1F. The van der Waals surface area contributed by atoms with Gasteiger partial charge < -0.3 is 10.4 Å². The second-order valence-electron chi connectivity index (χ2n) is 3.48. The molecule has 1 aromatic carbocycles. The second kappa shape index (κ2) is 4.97. The fraction of sp³-hybridized carbons (Fsp3) is 0.0833. The molecule has 0 fully saturated rings. The first-order valence-electron chi connectivity index (χ1n) is 4.94. The zero-order valence-corrected chi connectivity index (χ0v) is 9.63. The van der Waals surface area contributed by atoms with Crippen molar-refractivity contribution >= 4 is 23.0 Å². The fourth-order valence-electron chi connectivity index (χ4n) is 1.41. The predicted molar refractivity (Wildman–Crippen MR) is 65.0 cm³/mol. The van der Waals surface area contributed by atoms with Crippen LogP contribution in [0.3, 0.4) is 0 Å². The molecule has 2 N–H and O–H groups in total. The summed E-state index contributed by atoms with van der Waals surface area (Å²) in [6, 6.07) is 6.05. The Morgan fingerprint density at radius 2 is 2.24 bits per heavy atom. The first-order chi connectivity index (χ1) is 8.16. The van der Waals surface area contributed by atoms with Crippen molar-refractivity contribution in [1.29, 1.82) is 0 Å². The highest BCUT2D eigenvalue weighted by Crippen LogP contribution is 2.15. The Labute approximate surface area is 102 Å². The molecule has 1 heterocycles. The van der Waals surface area contributed by atoms with E-state index in [1.54, 1.807) is 17.4 Å². The quantitative estimate of drug-likeness (QED) is 0.877. The van der Waals surface area contributed by atoms with Crippen LogP contribution in [0.4, 0.5) is 10.1 Å². The zero-order chi connectivity index (χ0) is 12.3. The molecule has 2 aromatic rings. The van der Waals surface area contributed by atoms with Gasteiger partial charge in [0.05, 0.1) is 5.56 Å². The van der Waals surface area contributed by atoms with Gasteiger partial charge in [0.2, 0.25) is 0 Å². The molecule has 0 aliphatic rings. The van der Waals surface area contributed by atoms with Gasteiger partial charge in [0, 0.05) is 17.6 Å². The zero-order valence-electron chi connectivity index (χ0n) is 8.81. The molecule has 0 radical (unpaired) electrons. The molecule has 0 atom stereocenters. The maximum absolute atomic E-state index is 13.4. The van der Waals surface area contributed by atoms with E-state index in [9.17, 15) is 9.18 Å². The summed E-state index contributed by atoms with van der Waals surface area (Å²) in [5.74, 6) is -1.96. The monoisotopic (exact) mass is 251 g/mol. The third-order valence-electron chi connectivity index (χ3n) is 2.28. The highest BCUT2D eigenvalue weighted by atomic mass is 32.1. The van der Waals surface area contributed by atoms with Crippen LogP contribution < -0.4 is 5.32 Å². The number of carboxylic acid groups (broad SMARTS) is 1. The Bertz CT molecular complexity index is 525. The maximum Gasteiger partial charge on any atom is 0.338 e. The third kappa shape index (κ3) is 2.82. The Kier molecular flexibility index (Phi) is 3.39. The minimum absolute atomic E-state index is 0.302. The van der Waals surface area contributed by atoms with E-state index >= 15 is 0 Å². The van der Waals surface area contributed by atoms with Gasteiger partial charge in [0.25, 0.3) is 0 Å². The number of halogens is 1. The van der Waals surface area contributed by atoms with Gasteiger partial charge in [-0.25, -0.2) is 9.18 Å². The van der Waals surface area contributed by atoms with Crippen molar-refractivity contribution in [3.05, 3.63) is 52.0 Å². The highest BCUT2D eigenvalue weighted by molar-refractivity contribution is 7.08. The van der Waals surface area contributed by atoms with Crippen molar-refractivity contribution in [2.24, 2.45) is 0 Å². The number of carboxylic acids is 1. The Balaban J connectivity index is 2.07. The minimum Gasteiger partial charge on any atom is -0.478 e. The van der Waals surface area contributed by atoms with Gasteiger partial charge in [0.1, 0.15) is 5.82 Å². The van der Waals surface area contributed by atoms with Gasteiger partial charge in [-0.2, -0.15) is 11.3 Å². The number of benzene rings is 1. The lowest BCUT2D eigenvalue weighted by molar-refractivity contribution is 0.0692. The first-order valence-corrected chi connectivity index (χ1v) is 5.89. The van der Waals surface area contributed by atoms with Crippen LogP contribution in [0, 0.1) is 5.82 Å². The number of rotatable bonds is 4. The molecule has 0 bridgehead atoms. The van der Waals surface area contributed by atoms with Crippen LogP contribution in [0.15, 0.2) is 35.0 Å². The molecule has 5 heteroatoms. The number of carbonyl (C=O) groups is 1. The molecule has 3 nitrogen and oxygen atoms in total. The predicted octanol–water partition coefficient (Wildman–Crippen LogP) is 3.20. The number of anilines is 1. The van der Waals surface area contributed by atoms with E-state index in [1.807, 2.05) is 16.8 Å². The summed E-state index contributed by atoms with van der Waals surface area (Å²) < 4.78 is 13.4. The number of aromatic carboxylic acids is 1.